The minimum atomic E-state index is 0.688. The molecule has 0 aliphatic rings. The molecule has 0 aliphatic carbocycles. The van der Waals surface area contributed by atoms with E-state index in [1.165, 1.54) is 0 Å². The van der Waals surface area contributed by atoms with Crippen molar-refractivity contribution in [2.24, 2.45) is 5.92 Å². The number of ether oxygens (including phenoxy) is 1. The number of hydrogen-bond donors (Lipinski definition) is 1. The van der Waals surface area contributed by atoms with Gasteiger partial charge in [-0.15, -0.1) is 0 Å². The third-order valence-corrected chi connectivity index (χ3v) is 3.22. The predicted molar refractivity (Wildman–Crippen MR) is 84.5 cm³/mol. The molecule has 1 aromatic carbocycles. The van der Waals surface area contributed by atoms with Crippen molar-refractivity contribution < 1.29 is 9.15 Å². The van der Waals surface area contributed by atoms with Gasteiger partial charge in [-0.1, -0.05) is 13.8 Å². The van der Waals surface area contributed by atoms with E-state index >= 15 is 0 Å². The monoisotopic (exact) mass is 288 g/mol. The highest BCUT2D eigenvalue weighted by Crippen LogP contribution is 2.23. The molecular weight excluding hydrogens is 264 g/mol. The first-order valence-corrected chi connectivity index (χ1v) is 7.49. The van der Waals surface area contributed by atoms with Gasteiger partial charge in [0.15, 0.2) is 11.7 Å². The lowest BCUT2D eigenvalue weighted by Crippen LogP contribution is -2.21. The highest BCUT2D eigenvalue weighted by atomic mass is 16.5. The number of nitrogens with zero attached hydrogens (tertiary/aromatic N) is 1. The van der Waals surface area contributed by atoms with Crippen LogP contribution in [0.15, 0.2) is 34.9 Å². The number of nitrogens with one attached hydrogen (secondary N) is 1. The first-order valence-electron chi connectivity index (χ1n) is 7.49. The average Bonchev–Trinajstić information content (AvgIpc) is 2.95. The van der Waals surface area contributed by atoms with Crippen LogP contribution in [0.25, 0.3) is 11.3 Å². The lowest BCUT2D eigenvalue weighted by molar-refractivity contribution is 0.415. The second-order valence-electron chi connectivity index (χ2n) is 5.55. The first-order chi connectivity index (χ1) is 10.2. The van der Waals surface area contributed by atoms with Crippen molar-refractivity contribution in [3.05, 3.63) is 36.4 Å². The highest BCUT2D eigenvalue weighted by molar-refractivity contribution is 5.57. The zero-order valence-electron chi connectivity index (χ0n) is 13.1. The van der Waals surface area contributed by atoms with Gasteiger partial charge in [-0.25, -0.2) is 4.98 Å². The van der Waals surface area contributed by atoms with Crippen LogP contribution in [-0.2, 0) is 6.42 Å². The third-order valence-electron chi connectivity index (χ3n) is 3.22. The summed E-state index contributed by atoms with van der Waals surface area (Å²) in [6, 6.07) is 7.81. The molecule has 0 fully saturated rings. The molecule has 0 radical (unpaired) electrons. The van der Waals surface area contributed by atoms with Gasteiger partial charge < -0.3 is 14.5 Å². The Morgan fingerprint density at radius 1 is 1.24 bits per heavy atom. The van der Waals surface area contributed by atoms with Gasteiger partial charge in [0, 0.05) is 12.0 Å². The van der Waals surface area contributed by atoms with E-state index in [2.05, 4.69) is 24.1 Å². The summed E-state index contributed by atoms with van der Waals surface area (Å²) in [5.74, 6) is 3.14. The van der Waals surface area contributed by atoms with Gasteiger partial charge in [0.2, 0.25) is 0 Å². The topological polar surface area (TPSA) is 47.3 Å². The normalized spacial score (nSPS) is 11.0. The largest absolute Gasteiger partial charge is 0.497 e. The number of hydrogen-bond acceptors (Lipinski definition) is 4. The standard InChI is InChI=1S/C17H24N2O2/c1-13(2)11-18-10-4-5-17-19-12-16(21-17)14-6-8-15(20-3)9-7-14/h6-9,12-13,18H,4-5,10-11H2,1-3H3. The Hall–Kier alpha value is -1.81. The predicted octanol–water partition coefficient (Wildman–Crippen LogP) is 3.53. The Morgan fingerprint density at radius 2 is 2.00 bits per heavy atom. The molecule has 0 aliphatic heterocycles. The average molecular weight is 288 g/mol. The SMILES string of the molecule is COc1ccc(-c2cnc(CCCNCC(C)C)o2)cc1. The minimum absolute atomic E-state index is 0.688. The first kappa shape index (κ1) is 15.6. The number of benzene rings is 1. The summed E-state index contributed by atoms with van der Waals surface area (Å²) in [4.78, 5) is 4.34. The van der Waals surface area contributed by atoms with Crippen LogP contribution in [0, 0.1) is 5.92 Å². The van der Waals surface area contributed by atoms with Crippen LogP contribution >= 0.6 is 0 Å². The Morgan fingerprint density at radius 3 is 2.67 bits per heavy atom. The number of aromatic nitrogens is 1. The Balaban J connectivity index is 1.83. The number of rotatable bonds is 8. The summed E-state index contributed by atoms with van der Waals surface area (Å²) >= 11 is 0. The molecule has 2 aromatic rings. The van der Waals surface area contributed by atoms with Crippen LogP contribution in [0.4, 0.5) is 0 Å². The fraction of sp³-hybridized carbons (Fsp3) is 0.471. The summed E-state index contributed by atoms with van der Waals surface area (Å²) in [7, 11) is 1.66. The van der Waals surface area contributed by atoms with Crippen LogP contribution in [0.2, 0.25) is 0 Å². The Bertz CT molecular complexity index is 532. The molecule has 0 saturated carbocycles. The smallest absolute Gasteiger partial charge is 0.194 e. The quantitative estimate of drug-likeness (QED) is 0.755. The summed E-state index contributed by atoms with van der Waals surface area (Å²) in [5, 5.41) is 3.42. The molecule has 0 bridgehead atoms. The van der Waals surface area contributed by atoms with E-state index in [0.29, 0.717) is 5.92 Å². The molecular formula is C17H24N2O2. The molecule has 21 heavy (non-hydrogen) atoms. The molecule has 4 heteroatoms. The highest BCUT2D eigenvalue weighted by Gasteiger charge is 2.06. The molecule has 114 valence electrons. The number of methoxy groups -OCH3 is 1. The van der Waals surface area contributed by atoms with Gasteiger partial charge in [-0.05, 0) is 49.7 Å². The van der Waals surface area contributed by atoms with Crippen LogP contribution in [-0.4, -0.2) is 25.2 Å². The summed E-state index contributed by atoms with van der Waals surface area (Å²) in [6.07, 6.45) is 3.69. The third kappa shape index (κ3) is 4.90. The van der Waals surface area contributed by atoms with Crippen molar-refractivity contribution in [3.8, 4) is 17.1 Å². The second-order valence-corrected chi connectivity index (χ2v) is 5.55. The van der Waals surface area contributed by atoms with Gasteiger partial charge in [-0.3, -0.25) is 0 Å². The molecule has 0 spiro atoms. The second kappa shape index (κ2) is 7.84. The van der Waals surface area contributed by atoms with Gasteiger partial charge in [0.05, 0.1) is 13.3 Å². The summed E-state index contributed by atoms with van der Waals surface area (Å²) in [5.41, 5.74) is 1.02. The van der Waals surface area contributed by atoms with Crippen molar-refractivity contribution in [2.75, 3.05) is 20.2 Å². The molecule has 4 nitrogen and oxygen atoms in total. The lowest BCUT2D eigenvalue weighted by Gasteiger charge is -2.05. The van der Waals surface area contributed by atoms with Gasteiger partial charge in [0.1, 0.15) is 5.75 Å². The molecule has 0 unspecified atom stereocenters. The van der Waals surface area contributed by atoms with Crippen LogP contribution < -0.4 is 10.1 Å². The van der Waals surface area contributed by atoms with Crippen molar-refractivity contribution >= 4 is 0 Å². The van der Waals surface area contributed by atoms with Crippen LogP contribution in [0.3, 0.4) is 0 Å². The van der Waals surface area contributed by atoms with Crippen molar-refractivity contribution in [1.29, 1.82) is 0 Å². The van der Waals surface area contributed by atoms with Crippen molar-refractivity contribution in [1.82, 2.24) is 10.3 Å². The molecule has 1 aromatic heterocycles. The minimum Gasteiger partial charge on any atom is -0.497 e. The van der Waals surface area contributed by atoms with Crippen molar-refractivity contribution in [3.63, 3.8) is 0 Å². The van der Waals surface area contributed by atoms with E-state index in [-0.39, 0.29) is 0 Å². The molecule has 2 rings (SSSR count). The maximum absolute atomic E-state index is 5.79. The summed E-state index contributed by atoms with van der Waals surface area (Å²) in [6.45, 7) is 6.48. The van der Waals surface area contributed by atoms with Crippen molar-refractivity contribution in [2.45, 2.75) is 26.7 Å². The van der Waals surface area contributed by atoms with Gasteiger partial charge in [-0.2, -0.15) is 0 Å². The van der Waals surface area contributed by atoms with E-state index in [0.717, 1.165) is 48.9 Å². The maximum atomic E-state index is 5.79. The van der Waals surface area contributed by atoms with Crippen LogP contribution in [0.5, 0.6) is 5.75 Å². The van der Waals surface area contributed by atoms with E-state index in [4.69, 9.17) is 9.15 Å². The molecule has 0 atom stereocenters. The van der Waals surface area contributed by atoms with Gasteiger partial charge in [0.25, 0.3) is 0 Å². The zero-order chi connectivity index (χ0) is 15.1. The fourth-order valence-electron chi connectivity index (χ4n) is 2.07. The zero-order valence-corrected chi connectivity index (χ0v) is 13.1. The molecule has 1 N–H and O–H groups in total. The van der Waals surface area contributed by atoms with E-state index in [9.17, 15) is 0 Å². The van der Waals surface area contributed by atoms with Gasteiger partial charge >= 0.3 is 0 Å². The Labute approximate surface area is 126 Å². The molecule has 0 saturated heterocycles. The molecule has 0 amide bonds. The maximum Gasteiger partial charge on any atom is 0.194 e. The van der Waals surface area contributed by atoms with E-state index in [1.54, 1.807) is 13.3 Å². The summed E-state index contributed by atoms with van der Waals surface area (Å²) < 4.78 is 10.9. The van der Waals surface area contributed by atoms with E-state index in [1.807, 2.05) is 24.3 Å². The number of oxazole rings is 1. The molecule has 1 heterocycles. The lowest BCUT2D eigenvalue weighted by atomic mass is 10.2. The Kier molecular flexibility index (Phi) is 5.81. The van der Waals surface area contributed by atoms with Crippen LogP contribution in [0.1, 0.15) is 26.2 Å². The number of aryl methyl sites for hydroxylation is 1. The van der Waals surface area contributed by atoms with E-state index < -0.39 is 0 Å². The fourth-order valence-corrected chi connectivity index (χ4v) is 2.07.